The number of carbonyl (C=O) groups excluding carboxylic acids is 1. The fourth-order valence-electron chi connectivity index (χ4n) is 4.47. The van der Waals surface area contributed by atoms with Gasteiger partial charge in [-0.2, -0.15) is 9.97 Å². The van der Waals surface area contributed by atoms with Gasteiger partial charge in [0.1, 0.15) is 24.0 Å². The van der Waals surface area contributed by atoms with Crippen LogP contribution in [0.1, 0.15) is 34.6 Å². The number of esters is 1. The first kappa shape index (κ1) is 33.3. The fourth-order valence-corrected chi connectivity index (χ4v) is 7.17. The Labute approximate surface area is 260 Å². The number of hydrogen-bond acceptors (Lipinski definition) is 12. The number of ether oxygens (including phenoxy) is 4. The van der Waals surface area contributed by atoms with Crippen molar-refractivity contribution in [1.29, 1.82) is 0 Å². The molecule has 0 saturated carbocycles. The number of anilines is 1. The van der Waals surface area contributed by atoms with Crippen LogP contribution >= 0.6 is 18.0 Å². The maximum atomic E-state index is 12.5. The summed E-state index contributed by atoms with van der Waals surface area (Å²) in [6.07, 6.45) is -4.40. The molecule has 43 heavy (non-hydrogen) atoms. The van der Waals surface area contributed by atoms with Crippen LogP contribution in [0.5, 0.6) is 11.6 Å². The summed E-state index contributed by atoms with van der Waals surface area (Å²) in [5.74, 6) is 0.433. The summed E-state index contributed by atoms with van der Waals surface area (Å²) in [6.45, 7) is 9.17. The molecule has 236 valence electrons. The van der Waals surface area contributed by atoms with Crippen LogP contribution in [0, 0.1) is 0 Å². The molecular formula is C27H38ClN6O7PS. The summed E-state index contributed by atoms with van der Waals surface area (Å²) in [4.78, 5) is 24.2. The van der Waals surface area contributed by atoms with E-state index in [2.05, 4.69) is 20.0 Å². The van der Waals surface area contributed by atoms with Gasteiger partial charge in [0.25, 0.3) is 0 Å². The zero-order chi connectivity index (χ0) is 31.4. The molecule has 0 bridgehead atoms. The number of benzene rings is 1. The smallest absolute Gasteiger partial charge is 0.323 e. The summed E-state index contributed by atoms with van der Waals surface area (Å²) >= 11 is 12.7. The molecule has 4 rings (SSSR count). The number of halogens is 1. The van der Waals surface area contributed by atoms with Crippen molar-refractivity contribution in [2.75, 3.05) is 25.3 Å². The number of nitrogens with one attached hydrogen (secondary N) is 1. The van der Waals surface area contributed by atoms with Crippen molar-refractivity contribution in [3.63, 3.8) is 0 Å². The third kappa shape index (κ3) is 8.13. The van der Waals surface area contributed by atoms with E-state index in [1.54, 1.807) is 50.7 Å². The second-order valence-electron chi connectivity index (χ2n) is 10.5. The highest BCUT2D eigenvalue weighted by Crippen LogP contribution is 2.46. The molecule has 0 unspecified atom stereocenters. The van der Waals surface area contributed by atoms with E-state index < -0.39 is 41.6 Å². The predicted octanol–water partition coefficient (Wildman–Crippen LogP) is 3.23. The largest absolute Gasteiger partial charge is 0.485 e. The molecule has 0 spiro atoms. The molecule has 3 heterocycles. The highest BCUT2D eigenvalue weighted by molar-refractivity contribution is 8.11. The summed E-state index contributed by atoms with van der Waals surface area (Å²) < 4.78 is 31.0. The van der Waals surface area contributed by atoms with Crippen molar-refractivity contribution in [3.05, 3.63) is 36.7 Å². The maximum Gasteiger partial charge on any atom is 0.323 e. The summed E-state index contributed by atoms with van der Waals surface area (Å²) in [6, 6.07) is 8.35. The third-order valence-electron chi connectivity index (χ3n) is 6.68. The van der Waals surface area contributed by atoms with Gasteiger partial charge in [0.05, 0.1) is 43.2 Å². The predicted molar refractivity (Wildman–Crippen MR) is 166 cm³/mol. The summed E-state index contributed by atoms with van der Waals surface area (Å²) in [7, 11) is 0. The Morgan fingerprint density at radius 1 is 1.28 bits per heavy atom. The van der Waals surface area contributed by atoms with Crippen molar-refractivity contribution in [3.8, 4) is 11.6 Å². The Kier molecular flexibility index (Phi) is 10.9. The standard InChI is InChI=1S/C27H38ClN6O7PS/c1-6-37-24-21-23(31-26(29)32-24)34(14-30-21)12-20-27(5,28)22(35)19(41-20)13-39-42(43,15-38-18-10-8-7-9-11-18)33-17(4)25(36)40-16(2)3/h7-11,14,16-17,19-20,22,35H,6,12-13,15H2,1-5H3,(H,33,43)(H2,29,31,32)/t17-,19-,20+,22-,27+,42+/m1/s1. The highest BCUT2D eigenvalue weighted by Gasteiger charge is 2.52. The SMILES string of the molecule is CCOc1nc(N)nc2c1ncn2C[C@@H]1O[C@H](CO[P@](=S)(COc2ccccc2)N[C@H](C)C(=O)OC(C)C)[C@@H](O)[C@@]1(C)Cl. The molecule has 1 aliphatic rings. The number of fused-ring (bicyclic) bond motifs is 1. The van der Waals surface area contributed by atoms with Gasteiger partial charge >= 0.3 is 5.97 Å². The van der Waals surface area contributed by atoms with E-state index >= 15 is 0 Å². The number of rotatable bonds is 14. The molecule has 1 fully saturated rings. The van der Waals surface area contributed by atoms with E-state index in [1.165, 1.54) is 0 Å². The number of nitrogens with zero attached hydrogens (tertiary/aromatic N) is 4. The van der Waals surface area contributed by atoms with Crippen LogP contribution in [0.2, 0.25) is 0 Å². The van der Waals surface area contributed by atoms with Crippen LogP contribution in [0.3, 0.4) is 0 Å². The number of nitrogens with two attached hydrogens (primary N) is 1. The number of carbonyl (C=O) groups is 1. The van der Waals surface area contributed by atoms with E-state index in [-0.39, 0.29) is 37.4 Å². The van der Waals surface area contributed by atoms with E-state index in [0.29, 0.717) is 23.5 Å². The Bertz CT molecular complexity index is 1450. The summed E-state index contributed by atoms with van der Waals surface area (Å²) in [5.41, 5.74) is 6.79. The molecule has 16 heteroatoms. The molecule has 6 atom stereocenters. The normalized spacial score (nSPS) is 24.1. The third-order valence-corrected chi connectivity index (χ3v) is 9.91. The molecule has 0 radical (unpaired) electrons. The number of alkyl halides is 1. The topological polar surface area (TPSA) is 165 Å². The van der Waals surface area contributed by atoms with Crippen molar-refractivity contribution in [2.45, 2.75) is 76.5 Å². The van der Waals surface area contributed by atoms with Gasteiger partial charge in [-0.25, -0.2) is 4.98 Å². The summed E-state index contributed by atoms with van der Waals surface area (Å²) in [5, 5.41) is 14.3. The van der Waals surface area contributed by atoms with Crippen molar-refractivity contribution in [1.82, 2.24) is 24.6 Å². The maximum absolute atomic E-state index is 12.5. The monoisotopic (exact) mass is 656 g/mol. The van der Waals surface area contributed by atoms with Gasteiger partial charge in [0.15, 0.2) is 23.9 Å². The number of nitrogen functional groups attached to an aromatic ring is 1. The minimum atomic E-state index is -3.02. The molecule has 2 aromatic heterocycles. The lowest BCUT2D eigenvalue weighted by Crippen LogP contribution is -2.42. The number of hydrogen-bond donors (Lipinski definition) is 3. The first-order valence-corrected chi connectivity index (χ1v) is 17.1. The van der Waals surface area contributed by atoms with Crippen LogP contribution in [0.4, 0.5) is 5.95 Å². The van der Waals surface area contributed by atoms with Gasteiger partial charge in [-0.05, 0) is 58.6 Å². The number of aliphatic hydroxyl groups is 1. The van der Waals surface area contributed by atoms with Gasteiger partial charge in [0, 0.05) is 0 Å². The van der Waals surface area contributed by atoms with Crippen LogP contribution in [-0.4, -0.2) is 85.5 Å². The minimum Gasteiger partial charge on any atom is -0.485 e. The Morgan fingerprint density at radius 3 is 2.67 bits per heavy atom. The van der Waals surface area contributed by atoms with Crippen LogP contribution in [0.15, 0.2) is 36.7 Å². The van der Waals surface area contributed by atoms with E-state index in [1.807, 2.05) is 25.1 Å². The number of imidazole rings is 1. The van der Waals surface area contributed by atoms with E-state index in [4.69, 9.17) is 52.6 Å². The number of aromatic nitrogens is 4. The van der Waals surface area contributed by atoms with Crippen molar-refractivity contribution in [2.24, 2.45) is 0 Å². The first-order valence-electron chi connectivity index (χ1n) is 13.9. The van der Waals surface area contributed by atoms with Gasteiger partial charge in [-0.15, -0.1) is 11.6 Å². The quantitative estimate of drug-likeness (QED) is 0.132. The van der Waals surface area contributed by atoms with Crippen LogP contribution in [0.25, 0.3) is 11.2 Å². The lowest BCUT2D eigenvalue weighted by molar-refractivity contribution is -0.149. The number of aliphatic hydroxyl groups excluding tert-OH is 1. The zero-order valence-electron chi connectivity index (χ0n) is 24.7. The fraction of sp³-hybridized carbons (Fsp3) is 0.556. The minimum absolute atomic E-state index is 0.0274. The van der Waals surface area contributed by atoms with Crippen molar-refractivity contribution >= 4 is 52.9 Å². The van der Waals surface area contributed by atoms with Gasteiger partial charge in [-0.1, -0.05) is 18.2 Å². The second kappa shape index (κ2) is 14.0. The molecule has 1 saturated heterocycles. The molecule has 1 aromatic carbocycles. The molecule has 3 aromatic rings. The highest BCUT2D eigenvalue weighted by atomic mass is 35.5. The zero-order valence-corrected chi connectivity index (χ0v) is 27.1. The van der Waals surface area contributed by atoms with Crippen molar-refractivity contribution < 1.29 is 33.4 Å². The number of para-hydroxylation sites is 1. The lowest BCUT2D eigenvalue weighted by atomic mass is 9.97. The molecule has 0 aliphatic carbocycles. The van der Waals surface area contributed by atoms with Gasteiger partial charge in [-0.3, -0.25) is 9.88 Å². The average Bonchev–Trinajstić information content (AvgIpc) is 3.44. The first-order chi connectivity index (χ1) is 20.3. The lowest BCUT2D eigenvalue weighted by Gasteiger charge is -2.28. The van der Waals surface area contributed by atoms with E-state index in [9.17, 15) is 9.90 Å². The second-order valence-corrected chi connectivity index (χ2v) is 15.2. The van der Waals surface area contributed by atoms with Gasteiger partial charge in [0.2, 0.25) is 11.8 Å². The molecular weight excluding hydrogens is 619 g/mol. The van der Waals surface area contributed by atoms with Crippen LogP contribution < -0.4 is 20.3 Å². The molecule has 0 amide bonds. The molecule has 1 aliphatic heterocycles. The molecule has 13 nitrogen and oxygen atoms in total. The van der Waals surface area contributed by atoms with Crippen LogP contribution in [-0.2, 0) is 37.1 Å². The Balaban J connectivity index is 1.49. The molecule has 4 N–H and O–H groups in total. The Morgan fingerprint density at radius 2 is 2.00 bits per heavy atom. The van der Waals surface area contributed by atoms with Gasteiger partial charge < -0.3 is 38.9 Å². The van der Waals surface area contributed by atoms with E-state index in [0.717, 1.165) is 0 Å². The Hall–Kier alpha value is -2.58. The average molecular weight is 657 g/mol.